The summed E-state index contributed by atoms with van der Waals surface area (Å²) in [6.45, 7) is 6.48. The summed E-state index contributed by atoms with van der Waals surface area (Å²) in [6, 6.07) is 8.23. The van der Waals surface area contributed by atoms with E-state index in [9.17, 15) is 9.59 Å². The van der Waals surface area contributed by atoms with E-state index in [4.69, 9.17) is 4.74 Å². The van der Waals surface area contributed by atoms with Crippen molar-refractivity contribution in [3.63, 3.8) is 0 Å². The minimum absolute atomic E-state index is 0.0567. The molecule has 2 aromatic rings. The van der Waals surface area contributed by atoms with E-state index < -0.39 is 0 Å². The average molecular weight is 367 g/mol. The molecule has 6 nitrogen and oxygen atoms in total. The van der Waals surface area contributed by atoms with Crippen molar-refractivity contribution < 1.29 is 14.3 Å². The maximum absolute atomic E-state index is 13.3. The maximum Gasteiger partial charge on any atom is 0.410 e. The molecule has 0 atom stereocenters. The Balaban J connectivity index is 1.55. The van der Waals surface area contributed by atoms with E-state index in [0.29, 0.717) is 26.2 Å². The number of carbonyl (C=O) groups excluding carboxylic acids is 2. The molecule has 0 unspecified atom stereocenters. The number of likely N-dealkylation sites (tertiary alicyclic amines) is 1. The Bertz CT molecular complexity index is 888. The van der Waals surface area contributed by atoms with Crippen LogP contribution in [0, 0.1) is 6.92 Å². The summed E-state index contributed by atoms with van der Waals surface area (Å²) in [7, 11) is 0. The lowest BCUT2D eigenvalue weighted by molar-refractivity contribution is 0.0660. The van der Waals surface area contributed by atoms with E-state index in [-0.39, 0.29) is 18.0 Å². The number of cyclic esters (lactones) is 1. The SMILES string of the molecule is CCc1ccc2nc(C)cc(C(=O)N3CCC(N4CCOC4=O)CC3)c2c1. The van der Waals surface area contributed by atoms with Crippen LogP contribution in [0.5, 0.6) is 0 Å². The van der Waals surface area contributed by atoms with Crippen LogP contribution in [0.4, 0.5) is 4.79 Å². The summed E-state index contributed by atoms with van der Waals surface area (Å²) >= 11 is 0. The molecular weight excluding hydrogens is 342 g/mol. The summed E-state index contributed by atoms with van der Waals surface area (Å²) < 4.78 is 5.04. The highest BCUT2D eigenvalue weighted by Gasteiger charge is 2.33. The third-order valence-electron chi connectivity index (χ3n) is 5.62. The second-order valence-corrected chi connectivity index (χ2v) is 7.35. The van der Waals surface area contributed by atoms with Crippen LogP contribution in [-0.4, -0.2) is 59.1 Å². The molecule has 2 saturated heterocycles. The van der Waals surface area contributed by atoms with E-state index in [1.165, 1.54) is 5.56 Å². The third kappa shape index (κ3) is 3.36. The fourth-order valence-electron chi connectivity index (χ4n) is 4.09. The van der Waals surface area contributed by atoms with E-state index in [1.54, 1.807) is 4.90 Å². The van der Waals surface area contributed by atoms with Gasteiger partial charge in [0.05, 0.1) is 17.6 Å². The number of amides is 2. The van der Waals surface area contributed by atoms with Gasteiger partial charge in [-0.2, -0.15) is 0 Å². The van der Waals surface area contributed by atoms with Crippen molar-refractivity contribution in [3.8, 4) is 0 Å². The van der Waals surface area contributed by atoms with Gasteiger partial charge in [-0.1, -0.05) is 13.0 Å². The van der Waals surface area contributed by atoms with Crippen molar-refractivity contribution in [2.45, 2.75) is 39.2 Å². The van der Waals surface area contributed by atoms with E-state index in [0.717, 1.165) is 41.4 Å². The van der Waals surface area contributed by atoms with Crippen molar-refractivity contribution in [2.75, 3.05) is 26.2 Å². The van der Waals surface area contributed by atoms with Gasteiger partial charge in [-0.3, -0.25) is 9.78 Å². The first-order chi connectivity index (χ1) is 13.1. The van der Waals surface area contributed by atoms with Crippen molar-refractivity contribution in [1.29, 1.82) is 0 Å². The van der Waals surface area contributed by atoms with Crippen LogP contribution in [-0.2, 0) is 11.2 Å². The number of nitrogens with zero attached hydrogens (tertiary/aromatic N) is 3. The number of piperidine rings is 1. The van der Waals surface area contributed by atoms with Gasteiger partial charge in [0.15, 0.2) is 0 Å². The summed E-state index contributed by atoms with van der Waals surface area (Å²) in [5.41, 5.74) is 3.65. The van der Waals surface area contributed by atoms with Gasteiger partial charge in [0.2, 0.25) is 0 Å². The van der Waals surface area contributed by atoms with Crippen LogP contribution in [0.2, 0.25) is 0 Å². The molecule has 0 N–H and O–H groups in total. The molecule has 2 amide bonds. The number of ether oxygens (including phenoxy) is 1. The first-order valence-corrected chi connectivity index (χ1v) is 9.69. The number of carbonyl (C=O) groups is 2. The van der Waals surface area contributed by atoms with Crippen LogP contribution in [0.15, 0.2) is 24.3 Å². The van der Waals surface area contributed by atoms with Crippen molar-refractivity contribution in [3.05, 3.63) is 41.1 Å². The van der Waals surface area contributed by atoms with Crippen LogP contribution in [0.1, 0.15) is 41.4 Å². The second-order valence-electron chi connectivity index (χ2n) is 7.35. The van der Waals surface area contributed by atoms with E-state index in [2.05, 4.69) is 24.0 Å². The Morgan fingerprint density at radius 3 is 2.67 bits per heavy atom. The number of aromatic nitrogens is 1. The number of hydrogen-bond donors (Lipinski definition) is 0. The highest BCUT2D eigenvalue weighted by molar-refractivity contribution is 6.06. The minimum Gasteiger partial charge on any atom is -0.448 e. The third-order valence-corrected chi connectivity index (χ3v) is 5.62. The number of benzene rings is 1. The molecule has 0 spiro atoms. The predicted octanol–water partition coefficient (Wildman–Crippen LogP) is 3.16. The van der Waals surface area contributed by atoms with Gasteiger partial charge in [0.25, 0.3) is 5.91 Å². The molecule has 3 heterocycles. The van der Waals surface area contributed by atoms with E-state index in [1.807, 2.05) is 24.0 Å². The molecule has 2 aliphatic rings. The second kappa shape index (κ2) is 7.18. The van der Waals surface area contributed by atoms with Crippen LogP contribution < -0.4 is 0 Å². The predicted molar refractivity (Wildman–Crippen MR) is 103 cm³/mol. The zero-order valence-corrected chi connectivity index (χ0v) is 15.9. The van der Waals surface area contributed by atoms with Crippen molar-refractivity contribution in [1.82, 2.24) is 14.8 Å². The average Bonchev–Trinajstić information content (AvgIpc) is 3.12. The Morgan fingerprint density at radius 1 is 1.22 bits per heavy atom. The summed E-state index contributed by atoms with van der Waals surface area (Å²) in [6.07, 6.45) is 2.29. The topological polar surface area (TPSA) is 62.7 Å². The highest BCUT2D eigenvalue weighted by Crippen LogP contribution is 2.25. The quantitative estimate of drug-likeness (QED) is 0.836. The number of aryl methyl sites for hydroxylation is 2. The smallest absolute Gasteiger partial charge is 0.410 e. The number of fused-ring (bicyclic) bond motifs is 1. The molecule has 0 aliphatic carbocycles. The molecular formula is C21H25N3O3. The highest BCUT2D eigenvalue weighted by atomic mass is 16.6. The first-order valence-electron chi connectivity index (χ1n) is 9.69. The molecule has 1 aromatic heterocycles. The molecule has 2 aliphatic heterocycles. The Morgan fingerprint density at radius 2 is 2.00 bits per heavy atom. The van der Waals surface area contributed by atoms with Gasteiger partial charge in [0.1, 0.15) is 6.61 Å². The fourth-order valence-corrected chi connectivity index (χ4v) is 4.09. The Kier molecular flexibility index (Phi) is 4.72. The normalized spacial score (nSPS) is 18.2. The Labute approximate surface area is 159 Å². The van der Waals surface area contributed by atoms with Crippen LogP contribution >= 0.6 is 0 Å². The van der Waals surface area contributed by atoms with E-state index >= 15 is 0 Å². The molecule has 0 saturated carbocycles. The van der Waals surface area contributed by atoms with Gasteiger partial charge in [0, 0.05) is 30.2 Å². The summed E-state index contributed by atoms with van der Waals surface area (Å²) in [5.74, 6) is 0.0567. The molecule has 4 rings (SSSR count). The number of pyridine rings is 1. The monoisotopic (exact) mass is 367 g/mol. The minimum atomic E-state index is -0.220. The van der Waals surface area contributed by atoms with Gasteiger partial charge in [-0.05, 0) is 49.9 Å². The first kappa shape index (κ1) is 17.8. The lowest BCUT2D eigenvalue weighted by Crippen LogP contribution is -2.47. The Hall–Kier alpha value is -2.63. The number of hydrogen-bond acceptors (Lipinski definition) is 4. The lowest BCUT2D eigenvalue weighted by Gasteiger charge is -2.35. The lowest BCUT2D eigenvalue weighted by atomic mass is 10.00. The van der Waals surface area contributed by atoms with Crippen molar-refractivity contribution >= 4 is 22.9 Å². The zero-order valence-electron chi connectivity index (χ0n) is 15.9. The standard InChI is InChI=1S/C21H25N3O3/c1-3-15-4-5-19-17(13-15)18(12-14(2)22-19)20(25)23-8-6-16(7-9-23)24-10-11-27-21(24)26/h4-5,12-13,16H,3,6-11H2,1-2H3. The fraction of sp³-hybridized carbons (Fsp3) is 0.476. The molecule has 27 heavy (non-hydrogen) atoms. The van der Waals surface area contributed by atoms with Gasteiger partial charge >= 0.3 is 6.09 Å². The largest absolute Gasteiger partial charge is 0.448 e. The molecule has 0 radical (unpaired) electrons. The molecule has 0 bridgehead atoms. The van der Waals surface area contributed by atoms with Gasteiger partial charge in [-0.15, -0.1) is 0 Å². The molecule has 1 aromatic carbocycles. The van der Waals surface area contributed by atoms with Gasteiger partial charge < -0.3 is 14.5 Å². The molecule has 142 valence electrons. The zero-order chi connectivity index (χ0) is 19.0. The van der Waals surface area contributed by atoms with Crippen molar-refractivity contribution in [2.24, 2.45) is 0 Å². The van der Waals surface area contributed by atoms with Crippen LogP contribution in [0.3, 0.4) is 0 Å². The summed E-state index contributed by atoms with van der Waals surface area (Å²) in [4.78, 5) is 33.3. The molecule has 6 heteroatoms. The summed E-state index contributed by atoms with van der Waals surface area (Å²) in [5, 5.41) is 0.926. The molecule has 2 fully saturated rings. The number of rotatable bonds is 3. The van der Waals surface area contributed by atoms with Gasteiger partial charge in [-0.25, -0.2) is 4.79 Å². The maximum atomic E-state index is 13.3. The van der Waals surface area contributed by atoms with Crippen LogP contribution in [0.25, 0.3) is 10.9 Å².